The molecule has 3 atom stereocenters. The maximum absolute atomic E-state index is 12.7. The van der Waals surface area contributed by atoms with Gasteiger partial charge in [-0.25, -0.2) is 0 Å². The van der Waals surface area contributed by atoms with Gasteiger partial charge in [0, 0.05) is 36.1 Å². The van der Waals surface area contributed by atoms with Crippen molar-refractivity contribution >= 4 is 17.6 Å². The van der Waals surface area contributed by atoms with Crippen LogP contribution >= 0.6 is 11.6 Å². The number of fused-ring (bicyclic) bond motifs is 1. The van der Waals surface area contributed by atoms with Crippen molar-refractivity contribution in [1.29, 1.82) is 0 Å². The van der Waals surface area contributed by atoms with Gasteiger partial charge in [0.2, 0.25) is 0 Å². The summed E-state index contributed by atoms with van der Waals surface area (Å²) >= 11 is 6.11. The number of hydrogen-bond acceptors (Lipinski definition) is 5. The second-order valence-corrected chi connectivity index (χ2v) is 10.1. The zero-order valence-electron chi connectivity index (χ0n) is 20.5. The van der Waals surface area contributed by atoms with Crippen LogP contribution in [0.5, 0.6) is 0 Å². The van der Waals surface area contributed by atoms with Crippen molar-refractivity contribution in [3.63, 3.8) is 0 Å². The number of piperidine rings is 1. The minimum Gasteiger partial charge on any atom is -0.489 e. The molecule has 1 aliphatic carbocycles. The molecule has 0 bridgehead atoms. The molecule has 188 valence electrons. The number of likely N-dealkylation sites (tertiary alicyclic amines) is 1. The van der Waals surface area contributed by atoms with E-state index in [1.807, 2.05) is 48.6 Å². The average molecular weight is 506 g/mol. The first-order chi connectivity index (χ1) is 17.5. The van der Waals surface area contributed by atoms with E-state index in [9.17, 15) is 9.90 Å². The van der Waals surface area contributed by atoms with E-state index < -0.39 is 5.92 Å². The van der Waals surface area contributed by atoms with Gasteiger partial charge in [0.1, 0.15) is 18.3 Å². The van der Waals surface area contributed by atoms with Crippen molar-refractivity contribution in [3.8, 4) is 0 Å². The number of aliphatic hydroxyl groups excluding tert-OH is 1. The van der Waals surface area contributed by atoms with Crippen LogP contribution in [0, 0.1) is 5.92 Å². The Bertz CT molecular complexity index is 1200. The highest BCUT2D eigenvalue weighted by atomic mass is 35.5. The molecule has 0 spiro atoms. The summed E-state index contributed by atoms with van der Waals surface area (Å²) in [4.78, 5) is 15.1. The van der Waals surface area contributed by atoms with Gasteiger partial charge in [-0.05, 0) is 59.7 Å². The van der Waals surface area contributed by atoms with Gasteiger partial charge in [-0.15, -0.1) is 0 Å². The van der Waals surface area contributed by atoms with E-state index in [-0.39, 0.29) is 18.1 Å². The van der Waals surface area contributed by atoms with Gasteiger partial charge in [-0.1, -0.05) is 60.2 Å². The Morgan fingerprint density at radius 1 is 1.19 bits per heavy atom. The molecule has 6 heteroatoms. The largest absolute Gasteiger partial charge is 0.489 e. The van der Waals surface area contributed by atoms with E-state index in [1.54, 1.807) is 0 Å². The fourth-order valence-corrected chi connectivity index (χ4v) is 5.65. The van der Waals surface area contributed by atoms with Gasteiger partial charge in [-0.3, -0.25) is 9.69 Å². The maximum atomic E-state index is 12.7. The second kappa shape index (κ2) is 11.0. The van der Waals surface area contributed by atoms with Crippen LogP contribution in [-0.4, -0.2) is 42.3 Å². The van der Waals surface area contributed by atoms with Crippen molar-refractivity contribution in [2.24, 2.45) is 5.92 Å². The average Bonchev–Trinajstić information content (AvgIpc) is 3.09. The summed E-state index contributed by atoms with van der Waals surface area (Å²) in [5, 5.41) is 11.1. The molecule has 0 amide bonds. The van der Waals surface area contributed by atoms with E-state index in [4.69, 9.17) is 21.1 Å². The summed E-state index contributed by atoms with van der Waals surface area (Å²) in [6.45, 7) is 2.16. The molecule has 3 aliphatic rings. The molecule has 1 fully saturated rings. The quantitative estimate of drug-likeness (QED) is 0.541. The minimum atomic E-state index is -0.446. The number of carbonyl (C=O) groups is 1. The number of aliphatic hydroxyl groups is 1. The highest BCUT2D eigenvalue weighted by molar-refractivity contribution is 6.30. The number of ether oxygens (including phenoxy) is 2. The van der Waals surface area contributed by atoms with Crippen LogP contribution in [-0.2, 0) is 27.3 Å². The van der Waals surface area contributed by atoms with Crippen LogP contribution in [0.3, 0.4) is 0 Å². The van der Waals surface area contributed by atoms with Crippen molar-refractivity contribution in [1.82, 2.24) is 4.90 Å². The minimum absolute atomic E-state index is 0.134. The third kappa shape index (κ3) is 5.29. The Morgan fingerprint density at radius 3 is 2.75 bits per heavy atom. The molecule has 1 saturated heterocycles. The highest BCUT2D eigenvalue weighted by Gasteiger charge is 2.32. The molecule has 2 aromatic rings. The van der Waals surface area contributed by atoms with Crippen LogP contribution in [0.2, 0.25) is 5.02 Å². The molecular formula is C30H32ClNO4. The predicted molar refractivity (Wildman–Crippen MR) is 140 cm³/mol. The number of allylic oxidation sites excluding steroid dienone is 2. The van der Waals surface area contributed by atoms with E-state index >= 15 is 0 Å². The van der Waals surface area contributed by atoms with Gasteiger partial charge in [-0.2, -0.15) is 0 Å². The van der Waals surface area contributed by atoms with Crippen molar-refractivity contribution < 1.29 is 19.4 Å². The Hall–Kier alpha value is -2.86. The standard InChI is InChI=1S/C30H32ClNO4/c1-35-30(34)26-12-13-29-27(17-21-5-2-3-6-22(21)19-36-29)25(26)7-4-15-32-16-14-24(33)18-28(32)20-8-10-23(31)11-9-20/h2-3,5-13,24,26,28,33H,4,14-19H2,1H3. The first-order valence-corrected chi connectivity index (χ1v) is 13.0. The Balaban J connectivity index is 1.39. The molecular weight excluding hydrogens is 474 g/mol. The molecule has 36 heavy (non-hydrogen) atoms. The van der Waals surface area contributed by atoms with E-state index in [0.29, 0.717) is 18.1 Å². The lowest BCUT2D eigenvalue weighted by Crippen LogP contribution is -2.39. The molecule has 2 heterocycles. The molecule has 2 aromatic carbocycles. The topological polar surface area (TPSA) is 59.0 Å². The molecule has 0 aromatic heterocycles. The van der Waals surface area contributed by atoms with Gasteiger partial charge in [0.05, 0.1) is 13.2 Å². The van der Waals surface area contributed by atoms with Gasteiger partial charge < -0.3 is 14.6 Å². The zero-order chi connectivity index (χ0) is 25.1. The van der Waals surface area contributed by atoms with Gasteiger partial charge in [0.15, 0.2) is 0 Å². The number of hydrogen-bond donors (Lipinski definition) is 1. The van der Waals surface area contributed by atoms with E-state index in [2.05, 4.69) is 23.1 Å². The lowest BCUT2D eigenvalue weighted by molar-refractivity contribution is -0.142. The smallest absolute Gasteiger partial charge is 0.317 e. The molecule has 1 N–H and O–H groups in total. The van der Waals surface area contributed by atoms with Crippen molar-refractivity contribution in [2.75, 3.05) is 20.2 Å². The van der Waals surface area contributed by atoms with Crippen LogP contribution in [0.15, 0.2) is 83.7 Å². The van der Waals surface area contributed by atoms with Crippen molar-refractivity contribution in [3.05, 3.63) is 105 Å². The van der Waals surface area contributed by atoms with Crippen LogP contribution in [0.1, 0.15) is 42.0 Å². The third-order valence-corrected chi connectivity index (χ3v) is 7.72. The van der Waals surface area contributed by atoms with Crippen LogP contribution < -0.4 is 0 Å². The normalized spacial score (nSPS) is 25.1. The predicted octanol–water partition coefficient (Wildman–Crippen LogP) is 5.54. The number of nitrogens with zero attached hydrogens (tertiary/aromatic N) is 1. The third-order valence-electron chi connectivity index (χ3n) is 7.47. The maximum Gasteiger partial charge on any atom is 0.317 e. The monoisotopic (exact) mass is 505 g/mol. The Morgan fingerprint density at radius 2 is 1.97 bits per heavy atom. The van der Waals surface area contributed by atoms with E-state index in [1.165, 1.54) is 18.2 Å². The summed E-state index contributed by atoms with van der Waals surface area (Å²) < 4.78 is 11.3. The lowest BCUT2D eigenvalue weighted by atomic mass is 9.83. The fraction of sp³-hybridized carbons (Fsp3) is 0.367. The van der Waals surface area contributed by atoms with Gasteiger partial charge in [0.25, 0.3) is 0 Å². The molecule has 2 aliphatic heterocycles. The number of benzene rings is 2. The fourth-order valence-electron chi connectivity index (χ4n) is 5.52. The summed E-state index contributed by atoms with van der Waals surface area (Å²) in [7, 11) is 1.44. The number of carbonyl (C=O) groups excluding carboxylic acids is 1. The summed E-state index contributed by atoms with van der Waals surface area (Å²) in [6, 6.07) is 16.4. The van der Waals surface area contributed by atoms with Crippen LogP contribution in [0.25, 0.3) is 0 Å². The molecule has 0 saturated carbocycles. The first-order valence-electron chi connectivity index (χ1n) is 12.6. The molecule has 5 nitrogen and oxygen atoms in total. The summed E-state index contributed by atoms with van der Waals surface area (Å²) in [5.41, 5.74) is 5.59. The molecule has 3 unspecified atom stereocenters. The zero-order valence-corrected chi connectivity index (χ0v) is 21.3. The lowest BCUT2D eigenvalue weighted by Gasteiger charge is -2.38. The highest BCUT2D eigenvalue weighted by Crippen LogP contribution is 2.37. The Kier molecular flexibility index (Phi) is 7.61. The van der Waals surface area contributed by atoms with Crippen molar-refractivity contribution in [2.45, 2.75) is 44.4 Å². The van der Waals surface area contributed by atoms with Gasteiger partial charge >= 0.3 is 5.97 Å². The van der Waals surface area contributed by atoms with E-state index in [0.717, 1.165) is 54.8 Å². The number of methoxy groups -OCH3 is 1. The second-order valence-electron chi connectivity index (χ2n) is 9.67. The first kappa shape index (κ1) is 24.8. The molecule has 0 radical (unpaired) electrons. The SMILES string of the molecule is COC(=O)C1C=CC2=C(Cc3ccccc3CO2)C1=CCCN1CCC(O)CC1c1ccc(Cl)cc1. The summed E-state index contributed by atoms with van der Waals surface area (Å²) in [5.74, 6) is 0.123. The number of rotatable bonds is 5. The Labute approximate surface area is 217 Å². The van der Waals surface area contributed by atoms with Crippen LogP contribution in [0.4, 0.5) is 0 Å². The number of esters is 1. The summed E-state index contributed by atoms with van der Waals surface area (Å²) in [6.07, 6.45) is 8.64. The molecule has 5 rings (SSSR count). The number of halogens is 1.